The number of hydrogen-bond acceptors (Lipinski definition) is 3. The summed E-state index contributed by atoms with van der Waals surface area (Å²) in [5, 5.41) is -0.194. The first-order chi connectivity index (χ1) is 10.7. The molecule has 0 bridgehead atoms. The summed E-state index contributed by atoms with van der Waals surface area (Å²) < 4.78 is 5.81. The molecule has 1 amide bonds. The van der Waals surface area contributed by atoms with Gasteiger partial charge in [0, 0.05) is 11.9 Å². The molecule has 0 N–H and O–H groups in total. The molecule has 4 heteroatoms. The Bertz CT molecular complexity index is 672. The molecule has 0 spiro atoms. The van der Waals surface area contributed by atoms with E-state index >= 15 is 0 Å². The molecular weight excluding hydrogens is 294 g/mol. The van der Waals surface area contributed by atoms with Crippen LogP contribution in [-0.4, -0.2) is 19.6 Å². The third-order valence-corrected chi connectivity index (χ3v) is 4.95. The number of carbonyl (C=O) groups excluding carboxylic acids is 1. The summed E-state index contributed by atoms with van der Waals surface area (Å²) >= 11 is 1.60. The molecule has 114 valence electrons. The lowest BCUT2D eigenvalue weighted by atomic mass is 10.1. The SMILES string of the molecule is CCCOc1cccc2c1N(C)C(=O)C(c1ccccc1)S2. The second-order valence-electron chi connectivity index (χ2n) is 5.26. The van der Waals surface area contributed by atoms with Crippen LogP contribution in [-0.2, 0) is 4.79 Å². The predicted molar refractivity (Wildman–Crippen MR) is 90.7 cm³/mol. The minimum absolute atomic E-state index is 0.0937. The van der Waals surface area contributed by atoms with Gasteiger partial charge in [0.15, 0.2) is 0 Å². The Hall–Kier alpha value is -1.94. The van der Waals surface area contributed by atoms with Gasteiger partial charge in [-0.2, -0.15) is 0 Å². The molecule has 0 radical (unpaired) electrons. The van der Waals surface area contributed by atoms with Crippen LogP contribution < -0.4 is 9.64 Å². The van der Waals surface area contributed by atoms with Gasteiger partial charge in [-0.15, -0.1) is 11.8 Å². The van der Waals surface area contributed by atoms with Crippen LogP contribution in [0.15, 0.2) is 53.4 Å². The maximum atomic E-state index is 12.8. The van der Waals surface area contributed by atoms with Gasteiger partial charge in [0.2, 0.25) is 5.91 Å². The van der Waals surface area contributed by atoms with Crippen LogP contribution in [0.4, 0.5) is 5.69 Å². The fraction of sp³-hybridized carbons (Fsp3) is 0.278. The summed E-state index contributed by atoms with van der Waals surface area (Å²) in [6, 6.07) is 15.9. The average molecular weight is 313 g/mol. The van der Waals surface area contributed by atoms with Crippen LogP contribution in [0.3, 0.4) is 0 Å². The fourth-order valence-corrected chi connectivity index (χ4v) is 3.87. The van der Waals surface area contributed by atoms with Gasteiger partial charge in [0.05, 0.1) is 12.3 Å². The lowest BCUT2D eigenvalue weighted by molar-refractivity contribution is -0.118. The molecule has 3 nitrogen and oxygen atoms in total. The number of carbonyl (C=O) groups is 1. The van der Waals surface area contributed by atoms with Crippen molar-refractivity contribution in [3.05, 3.63) is 54.1 Å². The van der Waals surface area contributed by atoms with Gasteiger partial charge in [-0.3, -0.25) is 4.79 Å². The summed E-state index contributed by atoms with van der Waals surface area (Å²) in [6.45, 7) is 2.73. The lowest BCUT2D eigenvalue weighted by Gasteiger charge is -2.32. The monoisotopic (exact) mass is 313 g/mol. The van der Waals surface area contributed by atoms with Gasteiger partial charge in [0.25, 0.3) is 0 Å². The lowest BCUT2D eigenvalue weighted by Crippen LogP contribution is -2.34. The molecule has 0 aliphatic carbocycles. The molecule has 0 saturated heterocycles. The van der Waals surface area contributed by atoms with E-state index in [0.717, 1.165) is 28.3 Å². The number of ether oxygens (including phenoxy) is 1. The second kappa shape index (κ2) is 6.44. The van der Waals surface area contributed by atoms with E-state index in [1.165, 1.54) is 0 Å². The van der Waals surface area contributed by atoms with Crippen LogP contribution in [0, 0.1) is 0 Å². The number of rotatable bonds is 4. The van der Waals surface area contributed by atoms with Crippen LogP contribution in [0.5, 0.6) is 5.75 Å². The molecule has 0 fully saturated rings. The van der Waals surface area contributed by atoms with Crippen molar-refractivity contribution in [1.82, 2.24) is 0 Å². The molecule has 3 rings (SSSR count). The normalized spacial score (nSPS) is 17.3. The summed E-state index contributed by atoms with van der Waals surface area (Å²) in [6.07, 6.45) is 0.946. The van der Waals surface area contributed by atoms with Gasteiger partial charge >= 0.3 is 0 Å². The highest BCUT2D eigenvalue weighted by Crippen LogP contribution is 2.49. The van der Waals surface area contributed by atoms with E-state index in [0.29, 0.717) is 6.61 Å². The number of hydrogen-bond donors (Lipinski definition) is 0. The standard InChI is InChI=1S/C18H19NO2S/c1-3-12-21-14-10-7-11-15-16(14)19(2)18(20)17(22-15)13-8-5-4-6-9-13/h4-11,17H,3,12H2,1-2H3. The van der Waals surface area contributed by atoms with E-state index in [2.05, 4.69) is 13.0 Å². The molecule has 2 aromatic carbocycles. The molecule has 1 aliphatic heterocycles. The highest BCUT2D eigenvalue weighted by atomic mass is 32.2. The molecular formula is C18H19NO2S. The molecule has 22 heavy (non-hydrogen) atoms. The third-order valence-electron chi connectivity index (χ3n) is 3.66. The summed E-state index contributed by atoms with van der Waals surface area (Å²) in [5.41, 5.74) is 1.92. The van der Waals surface area contributed by atoms with Crippen molar-refractivity contribution in [2.24, 2.45) is 0 Å². The van der Waals surface area contributed by atoms with Gasteiger partial charge in [-0.1, -0.05) is 43.3 Å². The van der Waals surface area contributed by atoms with Crippen LogP contribution >= 0.6 is 11.8 Å². The molecule has 2 aromatic rings. The van der Waals surface area contributed by atoms with E-state index in [4.69, 9.17) is 4.74 Å². The smallest absolute Gasteiger partial charge is 0.244 e. The van der Waals surface area contributed by atoms with Gasteiger partial charge in [-0.05, 0) is 24.1 Å². The zero-order valence-electron chi connectivity index (χ0n) is 12.8. The van der Waals surface area contributed by atoms with Crippen LogP contribution in [0.1, 0.15) is 24.2 Å². The fourth-order valence-electron chi connectivity index (χ4n) is 2.56. The highest BCUT2D eigenvalue weighted by molar-refractivity contribution is 8.00. The van der Waals surface area contributed by atoms with Gasteiger partial charge < -0.3 is 9.64 Å². The zero-order chi connectivity index (χ0) is 15.5. The van der Waals surface area contributed by atoms with E-state index in [-0.39, 0.29) is 11.2 Å². The minimum atomic E-state index is -0.194. The number of likely N-dealkylation sites (N-methyl/N-ethyl adjacent to an activating group) is 1. The molecule has 1 heterocycles. The Balaban J connectivity index is 1.98. The van der Waals surface area contributed by atoms with Crippen molar-refractivity contribution in [3.8, 4) is 5.75 Å². The number of para-hydroxylation sites is 1. The van der Waals surface area contributed by atoms with E-state index in [9.17, 15) is 4.79 Å². The van der Waals surface area contributed by atoms with E-state index in [1.807, 2.05) is 49.5 Å². The minimum Gasteiger partial charge on any atom is -0.491 e. The Labute approximate surface area is 135 Å². The van der Waals surface area contributed by atoms with Crippen molar-refractivity contribution < 1.29 is 9.53 Å². The molecule has 1 atom stereocenters. The first kappa shape index (κ1) is 15.0. The van der Waals surface area contributed by atoms with E-state index in [1.54, 1.807) is 16.7 Å². The second-order valence-corrected chi connectivity index (χ2v) is 6.40. The first-order valence-electron chi connectivity index (χ1n) is 7.47. The number of anilines is 1. The maximum absolute atomic E-state index is 12.8. The third kappa shape index (κ3) is 2.71. The van der Waals surface area contributed by atoms with Crippen molar-refractivity contribution in [2.45, 2.75) is 23.5 Å². The van der Waals surface area contributed by atoms with Gasteiger partial charge in [-0.25, -0.2) is 0 Å². The Morgan fingerprint density at radius 3 is 2.64 bits per heavy atom. The number of thioether (sulfide) groups is 1. The Morgan fingerprint density at radius 2 is 1.91 bits per heavy atom. The predicted octanol–water partition coefficient (Wildman–Crippen LogP) is 4.29. The average Bonchev–Trinajstić information content (AvgIpc) is 2.56. The van der Waals surface area contributed by atoms with Crippen molar-refractivity contribution in [2.75, 3.05) is 18.6 Å². The molecule has 0 saturated carbocycles. The number of amides is 1. The largest absolute Gasteiger partial charge is 0.491 e. The van der Waals surface area contributed by atoms with Crippen LogP contribution in [0.25, 0.3) is 0 Å². The summed E-state index contributed by atoms with van der Waals surface area (Å²) in [7, 11) is 1.83. The molecule has 1 aliphatic rings. The molecule has 1 unspecified atom stereocenters. The van der Waals surface area contributed by atoms with Gasteiger partial charge in [0.1, 0.15) is 11.0 Å². The Kier molecular flexibility index (Phi) is 4.39. The number of fused-ring (bicyclic) bond motifs is 1. The van der Waals surface area contributed by atoms with E-state index < -0.39 is 0 Å². The first-order valence-corrected chi connectivity index (χ1v) is 8.35. The topological polar surface area (TPSA) is 29.5 Å². The summed E-state index contributed by atoms with van der Waals surface area (Å²) in [5.74, 6) is 0.880. The Morgan fingerprint density at radius 1 is 1.14 bits per heavy atom. The van der Waals surface area contributed by atoms with Crippen molar-refractivity contribution >= 4 is 23.4 Å². The number of nitrogens with zero attached hydrogens (tertiary/aromatic N) is 1. The zero-order valence-corrected chi connectivity index (χ0v) is 13.6. The van der Waals surface area contributed by atoms with Crippen molar-refractivity contribution in [1.29, 1.82) is 0 Å². The molecule has 0 aromatic heterocycles. The maximum Gasteiger partial charge on any atom is 0.244 e. The highest BCUT2D eigenvalue weighted by Gasteiger charge is 2.34. The number of benzene rings is 2. The summed E-state index contributed by atoms with van der Waals surface area (Å²) in [4.78, 5) is 15.6. The quantitative estimate of drug-likeness (QED) is 0.843. The van der Waals surface area contributed by atoms with Crippen LogP contribution in [0.2, 0.25) is 0 Å². The van der Waals surface area contributed by atoms with Crippen molar-refractivity contribution in [3.63, 3.8) is 0 Å².